The van der Waals surface area contributed by atoms with E-state index in [2.05, 4.69) is 34.5 Å². The van der Waals surface area contributed by atoms with Crippen LogP contribution in [0, 0.1) is 11.3 Å². The largest absolute Gasteiger partial charge is 0.379 e. The van der Waals surface area contributed by atoms with Gasteiger partial charge in [0, 0.05) is 25.7 Å². The molecule has 0 saturated carbocycles. The first kappa shape index (κ1) is 28.1. The minimum atomic E-state index is -4.00. The zero-order valence-corrected chi connectivity index (χ0v) is 23.4. The summed E-state index contributed by atoms with van der Waals surface area (Å²) in [7, 11) is -4.00. The summed E-state index contributed by atoms with van der Waals surface area (Å²) in [5.41, 5.74) is 3.62. The van der Waals surface area contributed by atoms with Crippen LogP contribution in [0.4, 0.5) is 0 Å². The number of rotatable bonds is 10. The Morgan fingerprint density at radius 2 is 1.76 bits per heavy atom. The standard InChI is InChI=1S/C33H31N3O4S/c34-23-26-8-14-32(15-9-26)41(38,39)40-31-13-12-28-17-20-36(24-30(28)22-31)19-4-3-18-35-33(37)16-10-25-7-11-27-5-1-2-6-29(27)21-25/h1-2,5-16,21-22H,3-4,17-20,24H2,(H,35,37). The third-order valence-corrected chi connectivity index (χ3v) is 8.41. The molecular weight excluding hydrogens is 534 g/mol. The Hall–Kier alpha value is -4.45. The van der Waals surface area contributed by atoms with Gasteiger partial charge in [-0.15, -0.1) is 0 Å². The number of hydrogen-bond donors (Lipinski definition) is 1. The molecule has 0 aliphatic carbocycles. The maximum absolute atomic E-state index is 12.7. The highest BCUT2D eigenvalue weighted by Crippen LogP contribution is 2.26. The summed E-state index contributed by atoms with van der Waals surface area (Å²) >= 11 is 0. The van der Waals surface area contributed by atoms with Crippen molar-refractivity contribution >= 4 is 32.9 Å². The van der Waals surface area contributed by atoms with Gasteiger partial charge in [-0.25, -0.2) is 0 Å². The van der Waals surface area contributed by atoms with Crippen molar-refractivity contribution in [1.29, 1.82) is 5.26 Å². The van der Waals surface area contributed by atoms with Gasteiger partial charge in [-0.05, 0) is 102 Å². The summed E-state index contributed by atoms with van der Waals surface area (Å²) in [6.45, 7) is 3.13. The number of benzene rings is 4. The first-order valence-corrected chi connectivity index (χ1v) is 15.0. The Kier molecular flexibility index (Phi) is 8.78. The average molecular weight is 566 g/mol. The molecule has 0 saturated heterocycles. The van der Waals surface area contributed by atoms with E-state index in [0.717, 1.165) is 48.9 Å². The summed E-state index contributed by atoms with van der Waals surface area (Å²) in [5.74, 6) is 0.169. The average Bonchev–Trinajstić information content (AvgIpc) is 2.99. The third kappa shape index (κ3) is 7.40. The Balaban J connectivity index is 1.06. The number of carbonyl (C=O) groups excluding carboxylic acids is 1. The van der Waals surface area contributed by atoms with Crippen LogP contribution in [0.15, 0.2) is 95.9 Å². The molecule has 5 rings (SSSR count). The molecule has 7 nitrogen and oxygen atoms in total. The number of carbonyl (C=O) groups is 1. The summed E-state index contributed by atoms with van der Waals surface area (Å²) < 4.78 is 30.8. The van der Waals surface area contributed by atoms with E-state index in [0.29, 0.717) is 18.7 Å². The van der Waals surface area contributed by atoms with Gasteiger partial charge < -0.3 is 9.50 Å². The quantitative estimate of drug-likeness (QED) is 0.156. The van der Waals surface area contributed by atoms with Gasteiger partial charge in [0.1, 0.15) is 10.6 Å². The van der Waals surface area contributed by atoms with Crippen molar-refractivity contribution < 1.29 is 17.4 Å². The zero-order valence-electron chi connectivity index (χ0n) is 22.6. The van der Waals surface area contributed by atoms with Crippen molar-refractivity contribution in [3.8, 4) is 11.8 Å². The van der Waals surface area contributed by atoms with E-state index in [1.807, 2.05) is 36.4 Å². The number of amides is 1. The fraction of sp³-hybridized carbons (Fsp3) is 0.212. The molecule has 4 aromatic rings. The van der Waals surface area contributed by atoms with Crippen LogP contribution in [0.5, 0.6) is 5.75 Å². The van der Waals surface area contributed by atoms with E-state index in [1.54, 1.807) is 18.2 Å². The van der Waals surface area contributed by atoms with E-state index in [9.17, 15) is 13.2 Å². The van der Waals surface area contributed by atoms with Gasteiger partial charge in [0.25, 0.3) is 0 Å². The molecule has 1 heterocycles. The minimum Gasteiger partial charge on any atom is -0.379 e. The normalized spacial score (nSPS) is 13.5. The molecule has 0 fully saturated rings. The second-order valence-electron chi connectivity index (χ2n) is 10.1. The predicted molar refractivity (Wildman–Crippen MR) is 160 cm³/mol. The van der Waals surface area contributed by atoms with Crippen molar-refractivity contribution in [2.75, 3.05) is 19.6 Å². The molecule has 0 atom stereocenters. The summed E-state index contributed by atoms with van der Waals surface area (Å²) in [6, 6.07) is 27.3. The van der Waals surface area contributed by atoms with Crippen molar-refractivity contribution in [3.63, 3.8) is 0 Å². The van der Waals surface area contributed by atoms with Gasteiger partial charge in [0.15, 0.2) is 0 Å². The Morgan fingerprint density at radius 3 is 2.56 bits per heavy atom. The Bertz CT molecular complexity index is 1720. The van der Waals surface area contributed by atoms with Crippen LogP contribution in [0.2, 0.25) is 0 Å². The highest BCUT2D eigenvalue weighted by atomic mass is 32.2. The second kappa shape index (κ2) is 12.8. The molecule has 41 heavy (non-hydrogen) atoms. The van der Waals surface area contributed by atoms with Crippen molar-refractivity contribution in [2.24, 2.45) is 0 Å². The number of nitrogens with zero attached hydrogens (tertiary/aromatic N) is 2. The molecule has 0 aromatic heterocycles. The van der Waals surface area contributed by atoms with Crippen molar-refractivity contribution in [2.45, 2.75) is 30.7 Å². The molecule has 0 radical (unpaired) electrons. The zero-order chi connectivity index (χ0) is 28.7. The maximum Gasteiger partial charge on any atom is 0.339 e. The first-order valence-electron chi connectivity index (χ1n) is 13.6. The number of nitriles is 1. The molecule has 0 unspecified atom stereocenters. The molecule has 1 aliphatic rings. The Labute approximate surface area is 240 Å². The molecule has 1 amide bonds. The van der Waals surface area contributed by atoms with Gasteiger partial charge in [0.2, 0.25) is 5.91 Å². The fourth-order valence-corrected chi connectivity index (χ4v) is 5.84. The van der Waals surface area contributed by atoms with Crippen LogP contribution in [0.25, 0.3) is 16.8 Å². The number of fused-ring (bicyclic) bond motifs is 2. The Morgan fingerprint density at radius 1 is 0.951 bits per heavy atom. The predicted octanol–water partition coefficient (Wildman–Crippen LogP) is 5.45. The van der Waals surface area contributed by atoms with E-state index in [4.69, 9.17) is 9.44 Å². The van der Waals surface area contributed by atoms with E-state index >= 15 is 0 Å². The van der Waals surface area contributed by atoms with E-state index < -0.39 is 10.1 Å². The van der Waals surface area contributed by atoms with Gasteiger partial charge in [0.05, 0.1) is 11.6 Å². The van der Waals surface area contributed by atoms with Gasteiger partial charge in [-0.1, -0.05) is 42.5 Å². The number of hydrogen-bond acceptors (Lipinski definition) is 6. The monoisotopic (exact) mass is 565 g/mol. The fourth-order valence-electron chi connectivity index (χ4n) is 4.92. The first-order chi connectivity index (χ1) is 19.9. The van der Waals surface area contributed by atoms with Crippen molar-refractivity contribution in [3.05, 3.63) is 113 Å². The van der Waals surface area contributed by atoms with Crippen LogP contribution in [-0.2, 0) is 27.9 Å². The molecule has 0 spiro atoms. The topological polar surface area (TPSA) is 99.5 Å². The summed E-state index contributed by atoms with van der Waals surface area (Å²) in [5, 5.41) is 14.2. The molecule has 4 aromatic carbocycles. The summed E-state index contributed by atoms with van der Waals surface area (Å²) in [6.07, 6.45) is 6.10. The lowest BCUT2D eigenvalue weighted by atomic mass is 9.99. The van der Waals surface area contributed by atoms with Gasteiger partial charge in [-0.3, -0.25) is 9.69 Å². The minimum absolute atomic E-state index is 0.00659. The molecule has 1 aliphatic heterocycles. The van der Waals surface area contributed by atoms with Gasteiger partial charge in [-0.2, -0.15) is 13.7 Å². The van der Waals surface area contributed by atoms with E-state index in [1.165, 1.54) is 35.2 Å². The van der Waals surface area contributed by atoms with Crippen LogP contribution >= 0.6 is 0 Å². The molecule has 0 bridgehead atoms. The lowest BCUT2D eigenvalue weighted by Gasteiger charge is -2.29. The van der Waals surface area contributed by atoms with Crippen LogP contribution in [-0.4, -0.2) is 38.9 Å². The van der Waals surface area contributed by atoms with Crippen LogP contribution < -0.4 is 9.50 Å². The number of unbranched alkanes of at least 4 members (excludes halogenated alkanes) is 1. The highest BCUT2D eigenvalue weighted by Gasteiger charge is 2.20. The second-order valence-corrected chi connectivity index (χ2v) is 11.6. The van der Waals surface area contributed by atoms with Crippen molar-refractivity contribution in [1.82, 2.24) is 10.2 Å². The van der Waals surface area contributed by atoms with E-state index in [-0.39, 0.29) is 16.6 Å². The van der Waals surface area contributed by atoms with Crippen LogP contribution in [0.1, 0.15) is 35.1 Å². The summed E-state index contributed by atoms with van der Waals surface area (Å²) in [4.78, 5) is 14.6. The lowest BCUT2D eigenvalue weighted by molar-refractivity contribution is -0.116. The lowest BCUT2D eigenvalue weighted by Crippen LogP contribution is -2.32. The third-order valence-electron chi connectivity index (χ3n) is 7.15. The highest BCUT2D eigenvalue weighted by molar-refractivity contribution is 7.87. The molecule has 8 heteroatoms. The number of nitrogens with one attached hydrogen (secondary N) is 1. The van der Waals surface area contributed by atoms with Crippen LogP contribution in [0.3, 0.4) is 0 Å². The molecular formula is C33H31N3O4S. The molecule has 208 valence electrons. The molecule has 1 N–H and O–H groups in total. The smallest absolute Gasteiger partial charge is 0.339 e. The van der Waals surface area contributed by atoms with Gasteiger partial charge >= 0.3 is 10.1 Å². The SMILES string of the molecule is N#Cc1ccc(S(=O)(=O)Oc2ccc3c(c2)CN(CCCCNC(=O)C=Cc2ccc4ccccc4c2)CC3)cc1. The maximum atomic E-state index is 12.7.